The van der Waals surface area contributed by atoms with Gasteiger partial charge in [0.15, 0.2) is 0 Å². The first-order valence-electron chi connectivity index (χ1n) is 5.76. The van der Waals surface area contributed by atoms with Gasteiger partial charge in [0, 0.05) is 17.1 Å². The zero-order chi connectivity index (χ0) is 14.1. The Bertz CT molecular complexity index is 765. The number of aromatic nitrogens is 2. The second kappa shape index (κ2) is 4.90. The third-order valence-corrected chi connectivity index (χ3v) is 3.50. The summed E-state index contributed by atoms with van der Waals surface area (Å²) in [7, 11) is 0. The molecule has 0 aliphatic rings. The molecule has 0 spiro atoms. The van der Waals surface area contributed by atoms with Gasteiger partial charge in [-0.1, -0.05) is 12.1 Å². The van der Waals surface area contributed by atoms with E-state index in [2.05, 4.69) is 4.98 Å². The summed E-state index contributed by atoms with van der Waals surface area (Å²) in [4.78, 5) is 15.6. The lowest BCUT2D eigenvalue weighted by Crippen LogP contribution is -2.08. The van der Waals surface area contributed by atoms with Gasteiger partial charge in [-0.05, 0) is 18.2 Å². The summed E-state index contributed by atoms with van der Waals surface area (Å²) in [6, 6.07) is 7.68. The molecule has 0 fully saturated rings. The number of nitrogens with zero attached hydrogens (tertiary/aromatic N) is 2. The van der Waals surface area contributed by atoms with Crippen molar-refractivity contribution >= 4 is 17.3 Å². The van der Waals surface area contributed by atoms with Crippen molar-refractivity contribution in [3.8, 4) is 16.9 Å². The molecule has 0 amide bonds. The Balaban J connectivity index is 2.24. The van der Waals surface area contributed by atoms with Crippen LogP contribution in [0.3, 0.4) is 0 Å². The first kappa shape index (κ1) is 12.6. The molecule has 0 unspecified atom stereocenters. The van der Waals surface area contributed by atoms with Crippen LogP contribution in [-0.4, -0.2) is 20.6 Å². The predicted octanol–water partition coefficient (Wildman–Crippen LogP) is 3.44. The van der Waals surface area contributed by atoms with Crippen LogP contribution in [0.2, 0.25) is 0 Å². The van der Waals surface area contributed by atoms with Gasteiger partial charge in [0.25, 0.3) is 0 Å². The zero-order valence-corrected chi connectivity index (χ0v) is 11.0. The molecule has 4 nitrogen and oxygen atoms in total. The molecule has 0 aliphatic carbocycles. The number of carboxylic acids is 1. The molecule has 0 aliphatic heterocycles. The molecular formula is C14H9FN2O2S. The summed E-state index contributed by atoms with van der Waals surface area (Å²) >= 11 is 1.38. The average Bonchev–Trinajstić information content (AvgIpc) is 3.07. The SMILES string of the molecule is O=C(O)c1c(-c2cscn2)ccn1-c1ccccc1F. The van der Waals surface area contributed by atoms with Crippen molar-refractivity contribution in [1.82, 2.24) is 9.55 Å². The maximum absolute atomic E-state index is 13.8. The third kappa shape index (κ3) is 2.00. The quantitative estimate of drug-likeness (QED) is 0.803. The Morgan fingerprint density at radius 3 is 2.75 bits per heavy atom. The summed E-state index contributed by atoms with van der Waals surface area (Å²) in [5.41, 5.74) is 2.87. The maximum atomic E-state index is 13.8. The van der Waals surface area contributed by atoms with Crippen molar-refractivity contribution in [1.29, 1.82) is 0 Å². The lowest BCUT2D eigenvalue weighted by Gasteiger charge is -2.08. The predicted molar refractivity (Wildman–Crippen MR) is 73.8 cm³/mol. The highest BCUT2D eigenvalue weighted by Gasteiger charge is 2.20. The van der Waals surface area contributed by atoms with E-state index in [0.29, 0.717) is 11.3 Å². The summed E-state index contributed by atoms with van der Waals surface area (Å²) in [6.45, 7) is 0. The fraction of sp³-hybridized carbons (Fsp3) is 0. The van der Waals surface area contributed by atoms with Gasteiger partial charge in [0.1, 0.15) is 11.5 Å². The Labute approximate surface area is 117 Å². The number of halogens is 1. The van der Waals surface area contributed by atoms with Crippen molar-refractivity contribution in [2.45, 2.75) is 0 Å². The Kier molecular flexibility index (Phi) is 3.08. The zero-order valence-electron chi connectivity index (χ0n) is 10.2. The van der Waals surface area contributed by atoms with Gasteiger partial charge in [-0.15, -0.1) is 11.3 Å². The summed E-state index contributed by atoms with van der Waals surface area (Å²) in [5.74, 6) is -1.60. The monoisotopic (exact) mass is 288 g/mol. The molecule has 0 saturated carbocycles. The van der Waals surface area contributed by atoms with Crippen molar-refractivity contribution in [2.75, 3.05) is 0 Å². The molecule has 3 rings (SSSR count). The van der Waals surface area contributed by atoms with Crippen LogP contribution in [-0.2, 0) is 0 Å². The molecule has 2 aromatic heterocycles. The van der Waals surface area contributed by atoms with E-state index in [1.54, 1.807) is 29.1 Å². The maximum Gasteiger partial charge on any atom is 0.353 e. The van der Waals surface area contributed by atoms with Crippen molar-refractivity contribution in [2.24, 2.45) is 0 Å². The number of carboxylic acid groups (broad SMARTS) is 1. The second-order valence-electron chi connectivity index (χ2n) is 4.08. The van der Waals surface area contributed by atoms with Crippen molar-refractivity contribution in [3.63, 3.8) is 0 Å². The van der Waals surface area contributed by atoms with Gasteiger partial charge in [-0.3, -0.25) is 0 Å². The molecule has 1 N–H and O–H groups in total. The Morgan fingerprint density at radius 2 is 2.10 bits per heavy atom. The van der Waals surface area contributed by atoms with Crippen molar-refractivity contribution < 1.29 is 14.3 Å². The van der Waals surface area contributed by atoms with Gasteiger partial charge in [0.05, 0.1) is 16.9 Å². The topological polar surface area (TPSA) is 55.1 Å². The highest BCUT2D eigenvalue weighted by Crippen LogP contribution is 2.28. The van der Waals surface area contributed by atoms with Gasteiger partial charge in [-0.2, -0.15) is 0 Å². The molecule has 0 atom stereocenters. The number of carbonyl (C=O) groups is 1. The molecule has 100 valence electrons. The van der Waals surface area contributed by atoms with E-state index in [1.165, 1.54) is 34.2 Å². The van der Waals surface area contributed by atoms with Gasteiger partial charge < -0.3 is 9.67 Å². The fourth-order valence-corrected chi connectivity index (χ4v) is 2.60. The largest absolute Gasteiger partial charge is 0.477 e. The van der Waals surface area contributed by atoms with E-state index in [9.17, 15) is 14.3 Å². The molecular weight excluding hydrogens is 279 g/mol. The number of hydrogen-bond donors (Lipinski definition) is 1. The normalized spacial score (nSPS) is 10.7. The van der Waals surface area contributed by atoms with E-state index in [-0.39, 0.29) is 11.4 Å². The van der Waals surface area contributed by atoms with Crippen molar-refractivity contribution in [3.05, 3.63) is 58.9 Å². The number of benzene rings is 1. The Hall–Kier alpha value is -2.47. The molecule has 2 heterocycles. The molecule has 0 bridgehead atoms. The number of aromatic carboxylic acids is 1. The van der Waals surface area contributed by atoms with E-state index < -0.39 is 11.8 Å². The van der Waals surface area contributed by atoms with E-state index in [4.69, 9.17) is 0 Å². The standard InChI is InChI=1S/C14H9FN2O2S/c15-10-3-1-2-4-12(10)17-6-5-9(13(17)14(18)19)11-7-20-8-16-11/h1-8H,(H,18,19). The molecule has 0 saturated heterocycles. The minimum Gasteiger partial charge on any atom is -0.477 e. The average molecular weight is 288 g/mol. The first-order chi connectivity index (χ1) is 9.68. The van der Waals surface area contributed by atoms with Crippen LogP contribution in [0.4, 0.5) is 4.39 Å². The lowest BCUT2D eigenvalue weighted by atomic mass is 10.2. The fourth-order valence-electron chi connectivity index (χ4n) is 2.05. The minimum absolute atomic E-state index is 0.000926. The second-order valence-corrected chi connectivity index (χ2v) is 4.80. The summed E-state index contributed by atoms with van der Waals surface area (Å²) in [6.07, 6.45) is 1.54. The van der Waals surface area contributed by atoms with Gasteiger partial charge in [0.2, 0.25) is 0 Å². The molecule has 20 heavy (non-hydrogen) atoms. The summed E-state index contributed by atoms with van der Waals surface area (Å²) < 4.78 is 15.2. The van der Waals surface area contributed by atoms with Crippen LogP contribution >= 0.6 is 11.3 Å². The van der Waals surface area contributed by atoms with Crippen LogP contribution in [0.15, 0.2) is 47.4 Å². The molecule has 0 radical (unpaired) electrons. The highest BCUT2D eigenvalue weighted by atomic mass is 32.1. The smallest absolute Gasteiger partial charge is 0.353 e. The molecule has 1 aromatic carbocycles. The van der Waals surface area contributed by atoms with Gasteiger partial charge >= 0.3 is 5.97 Å². The van der Waals surface area contributed by atoms with Crippen LogP contribution in [0.5, 0.6) is 0 Å². The summed E-state index contributed by atoms with van der Waals surface area (Å²) in [5, 5.41) is 11.2. The van der Waals surface area contributed by atoms with Gasteiger partial charge in [-0.25, -0.2) is 14.2 Å². The lowest BCUT2D eigenvalue weighted by molar-refractivity contribution is 0.0689. The number of para-hydroxylation sites is 1. The third-order valence-electron chi connectivity index (χ3n) is 2.91. The number of thiazole rings is 1. The highest BCUT2D eigenvalue weighted by molar-refractivity contribution is 7.07. The Morgan fingerprint density at radius 1 is 1.30 bits per heavy atom. The van der Waals surface area contributed by atoms with Crippen LogP contribution in [0.1, 0.15) is 10.5 Å². The first-order valence-corrected chi connectivity index (χ1v) is 6.71. The number of hydrogen-bond acceptors (Lipinski definition) is 3. The van der Waals surface area contributed by atoms with E-state index in [0.717, 1.165) is 0 Å². The minimum atomic E-state index is -1.12. The number of rotatable bonds is 3. The molecule has 3 aromatic rings. The van der Waals surface area contributed by atoms with Crippen LogP contribution in [0, 0.1) is 5.82 Å². The molecule has 6 heteroatoms. The van der Waals surface area contributed by atoms with E-state index in [1.807, 2.05) is 0 Å². The van der Waals surface area contributed by atoms with Crippen LogP contribution < -0.4 is 0 Å². The van der Waals surface area contributed by atoms with Crippen LogP contribution in [0.25, 0.3) is 16.9 Å². The van der Waals surface area contributed by atoms with E-state index >= 15 is 0 Å².